The minimum Gasteiger partial charge on any atom is -0.490 e. The standard InChI is InChI=1S/C32H41NO6/c1-21(17-34)39-25-12-14-36-30(16-25)26-10-8-24(26)18-37-31(35)23-9-11-29-28(15-23)33-19-32(20-38-29)13-4-6-22-5-2-3-7-27(22)32/h2-3,5,7,9,11,15,21,24-26,30,33-34H,4,6,8,10,12-14,16-20H2,1H3/t21-,24-,25+,26+,30+,32?/m0/s1. The van der Waals surface area contributed by atoms with Crippen LogP contribution in [0.15, 0.2) is 42.5 Å². The molecular formula is C32H41NO6. The molecule has 2 aliphatic heterocycles. The Hall–Kier alpha value is -2.61. The van der Waals surface area contributed by atoms with Crippen molar-refractivity contribution in [3.05, 3.63) is 59.2 Å². The summed E-state index contributed by atoms with van der Waals surface area (Å²) in [7, 11) is 0. The lowest BCUT2D eigenvalue weighted by atomic mass is 9.69. The van der Waals surface area contributed by atoms with Crippen LogP contribution in [0.3, 0.4) is 0 Å². The predicted molar refractivity (Wildman–Crippen MR) is 148 cm³/mol. The van der Waals surface area contributed by atoms with Gasteiger partial charge in [0.05, 0.1) is 49.4 Å². The monoisotopic (exact) mass is 535 g/mol. The highest BCUT2D eigenvalue weighted by Crippen LogP contribution is 2.43. The summed E-state index contributed by atoms with van der Waals surface area (Å²) in [6.45, 7) is 4.42. The van der Waals surface area contributed by atoms with E-state index in [4.69, 9.17) is 18.9 Å². The van der Waals surface area contributed by atoms with Gasteiger partial charge >= 0.3 is 5.97 Å². The Morgan fingerprint density at radius 3 is 2.95 bits per heavy atom. The zero-order valence-corrected chi connectivity index (χ0v) is 22.9. The predicted octanol–water partition coefficient (Wildman–Crippen LogP) is 4.89. The van der Waals surface area contributed by atoms with Gasteiger partial charge < -0.3 is 29.4 Å². The lowest BCUT2D eigenvalue weighted by molar-refractivity contribution is -0.139. The number of hydrogen-bond acceptors (Lipinski definition) is 7. The molecule has 1 saturated carbocycles. The molecule has 6 rings (SSSR count). The van der Waals surface area contributed by atoms with E-state index in [0.717, 1.165) is 62.9 Å². The highest BCUT2D eigenvalue weighted by atomic mass is 16.5. The number of benzene rings is 2. The number of aliphatic hydroxyl groups excluding tert-OH is 1. The van der Waals surface area contributed by atoms with Crippen LogP contribution in [0, 0.1) is 11.8 Å². The largest absolute Gasteiger partial charge is 0.490 e. The van der Waals surface area contributed by atoms with E-state index in [1.165, 1.54) is 11.1 Å². The smallest absolute Gasteiger partial charge is 0.338 e. The normalized spacial score (nSPS) is 30.5. The average Bonchev–Trinajstić information content (AvgIpc) is 3.12. The van der Waals surface area contributed by atoms with Crippen LogP contribution in [0.1, 0.15) is 66.9 Å². The van der Waals surface area contributed by atoms with Crippen LogP contribution in [-0.2, 0) is 26.0 Å². The maximum Gasteiger partial charge on any atom is 0.338 e. The Labute approximate surface area is 231 Å². The van der Waals surface area contributed by atoms with E-state index in [1.807, 2.05) is 25.1 Å². The van der Waals surface area contributed by atoms with Crippen LogP contribution in [0.5, 0.6) is 5.75 Å². The van der Waals surface area contributed by atoms with Gasteiger partial charge in [0.1, 0.15) is 5.75 Å². The van der Waals surface area contributed by atoms with E-state index in [2.05, 4.69) is 29.6 Å². The zero-order chi connectivity index (χ0) is 26.8. The maximum atomic E-state index is 13.0. The third kappa shape index (κ3) is 5.54. The van der Waals surface area contributed by atoms with Crippen LogP contribution in [-0.4, -0.2) is 62.4 Å². The molecule has 1 spiro atoms. The minimum absolute atomic E-state index is 0.0309. The van der Waals surface area contributed by atoms with Crippen molar-refractivity contribution in [1.82, 2.24) is 0 Å². The molecule has 7 nitrogen and oxygen atoms in total. The van der Waals surface area contributed by atoms with Gasteiger partial charge in [-0.1, -0.05) is 24.3 Å². The molecule has 0 radical (unpaired) electrons. The van der Waals surface area contributed by atoms with Crippen molar-refractivity contribution < 1.29 is 28.8 Å². The minimum atomic E-state index is -0.297. The number of aryl methyl sites for hydroxylation is 1. The van der Waals surface area contributed by atoms with E-state index in [9.17, 15) is 9.90 Å². The van der Waals surface area contributed by atoms with Crippen LogP contribution in [0.25, 0.3) is 0 Å². The number of nitrogens with one attached hydrogen (secondary N) is 1. The SMILES string of the molecule is C[C@@H](CO)O[C@@H]1CCO[C@@H]([C@@H]2CC[C@H]2COC(=O)c2ccc3c(c2)NCC2(CCCc4ccccc42)CO3)C1. The molecule has 1 saturated heterocycles. The first kappa shape index (κ1) is 26.6. The molecule has 7 heteroatoms. The van der Waals surface area contributed by atoms with Gasteiger partial charge in [0.2, 0.25) is 0 Å². The molecule has 0 aromatic heterocycles. The maximum absolute atomic E-state index is 13.0. The first-order valence-corrected chi connectivity index (χ1v) is 14.7. The molecule has 4 aliphatic rings. The van der Waals surface area contributed by atoms with Crippen molar-refractivity contribution in [3.8, 4) is 5.75 Å². The van der Waals surface area contributed by atoms with Crippen molar-refractivity contribution in [1.29, 1.82) is 0 Å². The van der Waals surface area contributed by atoms with E-state index in [0.29, 0.717) is 37.2 Å². The number of carbonyl (C=O) groups is 1. The van der Waals surface area contributed by atoms with E-state index in [1.54, 1.807) is 0 Å². The first-order valence-electron chi connectivity index (χ1n) is 14.7. The molecule has 2 aromatic carbocycles. The Kier molecular flexibility index (Phi) is 7.83. The number of hydrogen-bond donors (Lipinski definition) is 2. The second-order valence-corrected chi connectivity index (χ2v) is 11.9. The summed E-state index contributed by atoms with van der Waals surface area (Å²) in [6, 6.07) is 14.3. The van der Waals surface area contributed by atoms with Gasteiger partial charge in [-0.05, 0) is 86.6 Å². The van der Waals surface area contributed by atoms with E-state index >= 15 is 0 Å². The van der Waals surface area contributed by atoms with Gasteiger partial charge in [0.25, 0.3) is 0 Å². The highest BCUT2D eigenvalue weighted by Gasteiger charge is 2.42. The quantitative estimate of drug-likeness (QED) is 0.488. The second-order valence-electron chi connectivity index (χ2n) is 11.9. The summed E-state index contributed by atoms with van der Waals surface area (Å²) >= 11 is 0. The zero-order valence-electron chi connectivity index (χ0n) is 22.9. The van der Waals surface area contributed by atoms with Gasteiger partial charge in [0.15, 0.2) is 0 Å². The Morgan fingerprint density at radius 1 is 1.21 bits per heavy atom. The van der Waals surface area contributed by atoms with Crippen LogP contribution in [0.2, 0.25) is 0 Å². The van der Waals surface area contributed by atoms with Gasteiger partial charge in [-0.3, -0.25) is 0 Å². The van der Waals surface area contributed by atoms with Gasteiger partial charge in [0, 0.05) is 25.0 Å². The fraction of sp³-hybridized carbons (Fsp3) is 0.594. The summed E-state index contributed by atoms with van der Waals surface area (Å²) in [6.07, 6.45) is 7.26. The fourth-order valence-corrected chi connectivity index (χ4v) is 6.94. The molecule has 6 atom stereocenters. The number of rotatable bonds is 7. The number of carbonyl (C=O) groups excluding carboxylic acids is 1. The third-order valence-electron chi connectivity index (χ3n) is 9.36. The molecule has 0 amide bonds. The lowest BCUT2D eigenvalue weighted by Gasteiger charge is -2.44. The van der Waals surface area contributed by atoms with Crippen LogP contribution < -0.4 is 10.1 Å². The van der Waals surface area contributed by atoms with Crippen LogP contribution >= 0.6 is 0 Å². The molecule has 2 fully saturated rings. The molecular weight excluding hydrogens is 494 g/mol. The lowest BCUT2D eigenvalue weighted by Crippen LogP contribution is -2.45. The van der Waals surface area contributed by atoms with Gasteiger partial charge in [-0.2, -0.15) is 0 Å². The molecule has 2 aliphatic carbocycles. The number of esters is 1. The number of aliphatic hydroxyl groups is 1. The number of fused-ring (bicyclic) bond motifs is 3. The van der Waals surface area contributed by atoms with E-state index < -0.39 is 0 Å². The Morgan fingerprint density at radius 2 is 2.10 bits per heavy atom. The summed E-state index contributed by atoms with van der Waals surface area (Å²) in [4.78, 5) is 13.0. The van der Waals surface area contributed by atoms with E-state index in [-0.39, 0.29) is 36.3 Å². The molecule has 2 aromatic rings. The topological polar surface area (TPSA) is 86.3 Å². The Balaban J connectivity index is 1.05. The molecule has 39 heavy (non-hydrogen) atoms. The second kappa shape index (κ2) is 11.5. The number of anilines is 1. The Bertz CT molecular complexity index is 1170. The fourth-order valence-electron chi connectivity index (χ4n) is 6.94. The van der Waals surface area contributed by atoms with Crippen molar-refractivity contribution in [2.75, 3.05) is 38.3 Å². The molecule has 1 unspecified atom stereocenters. The van der Waals surface area contributed by atoms with Crippen molar-refractivity contribution in [3.63, 3.8) is 0 Å². The van der Waals surface area contributed by atoms with Crippen molar-refractivity contribution >= 4 is 11.7 Å². The van der Waals surface area contributed by atoms with Crippen molar-refractivity contribution in [2.45, 2.75) is 75.6 Å². The molecule has 2 N–H and O–H groups in total. The summed E-state index contributed by atoms with van der Waals surface area (Å²) < 4.78 is 24.2. The molecule has 2 heterocycles. The highest BCUT2D eigenvalue weighted by molar-refractivity contribution is 5.91. The summed E-state index contributed by atoms with van der Waals surface area (Å²) in [5.41, 5.74) is 4.13. The molecule has 210 valence electrons. The number of ether oxygens (including phenoxy) is 4. The first-order chi connectivity index (χ1) is 19.0. The third-order valence-corrected chi connectivity index (χ3v) is 9.36. The van der Waals surface area contributed by atoms with Gasteiger partial charge in [-0.15, -0.1) is 0 Å². The summed E-state index contributed by atoms with van der Waals surface area (Å²) in [5.74, 6) is 1.17. The van der Waals surface area contributed by atoms with Crippen LogP contribution in [0.4, 0.5) is 5.69 Å². The average molecular weight is 536 g/mol. The molecule has 0 bridgehead atoms. The van der Waals surface area contributed by atoms with Gasteiger partial charge in [-0.25, -0.2) is 4.79 Å². The summed E-state index contributed by atoms with van der Waals surface area (Å²) in [5, 5.41) is 12.9. The van der Waals surface area contributed by atoms with Crippen molar-refractivity contribution in [2.24, 2.45) is 11.8 Å².